The van der Waals surface area contributed by atoms with E-state index in [2.05, 4.69) is 5.32 Å². The molecule has 0 aliphatic rings. The normalized spacial score (nSPS) is 12.1. The van der Waals surface area contributed by atoms with E-state index in [0.29, 0.717) is 28.0 Å². The minimum Gasteiger partial charge on any atom is -0.492 e. The van der Waals surface area contributed by atoms with Gasteiger partial charge in [0.2, 0.25) is 11.8 Å². The number of para-hydroxylation sites is 2. The minimum atomic E-state index is -4.22. The highest BCUT2D eigenvalue weighted by Crippen LogP contribution is 2.33. The number of hydrogen-bond donors (Lipinski definition) is 1. The highest BCUT2D eigenvalue weighted by atomic mass is 35.5. The van der Waals surface area contributed by atoms with Gasteiger partial charge in [0.1, 0.15) is 18.3 Å². The van der Waals surface area contributed by atoms with Crippen LogP contribution in [0.4, 0.5) is 5.69 Å². The van der Waals surface area contributed by atoms with Crippen LogP contribution in [0.2, 0.25) is 10.0 Å². The lowest BCUT2D eigenvalue weighted by molar-refractivity contribution is -0.140. The van der Waals surface area contributed by atoms with E-state index in [4.69, 9.17) is 27.9 Å². The number of anilines is 1. The molecular formula is C30H35Cl2N3O5S. The Hall–Kier alpha value is -3.27. The van der Waals surface area contributed by atoms with Crippen molar-refractivity contribution in [2.24, 2.45) is 0 Å². The zero-order valence-electron chi connectivity index (χ0n) is 23.5. The Morgan fingerprint density at radius 1 is 0.951 bits per heavy atom. The Morgan fingerprint density at radius 2 is 1.61 bits per heavy atom. The molecule has 0 spiro atoms. The quantitative estimate of drug-likeness (QED) is 0.256. The molecule has 0 fully saturated rings. The van der Waals surface area contributed by atoms with Crippen LogP contribution in [0.1, 0.15) is 39.7 Å². The molecule has 41 heavy (non-hydrogen) atoms. The number of nitrogens with zero attached hydrogens (tertiary/aromatic N) is 2. The van der Waals surface area contributed by atoms with Crippen LogP contribution in [0.15, 0.2) is 77.7 Å². The van der Waals surface area contributed by atoms with Gasteiger partial charge in [0.05, 0.1) is 17.2 Å². The summed E-state index contributed by atoms with van der Waals surface area (Å²) in [4.78, 5) is 28.8. The molecule has 0 saturated heterocycles. The van der Waals surface area contributed by atoms with E-state index in [0.717, 1.165) is 4.31 Å². The Balaban J connectivity index is 2.12. The van der Waals surface area contributed by atoms with E-state index in [1.807, 2.05) is 13.8 Å². The van der Waals surface area contributed by atoms with Crippen LogP contribution in [0, 0.1) is 0 Å². The highest BCUT2D eigenvalue weighted by molar-refractivity contribution is 7.92. The maximum Gasteiger partial charge on any atom is 0.264 e. The number of carbonyl (C=O) groups excluding carboxylic acids is 2. The number of ether oxygens (including phenoxy) is 1. The van der Waals surface area contributed by atoms with Crippen molar-refractivity contribution in [3.8, 4) is 5.75 Å². The molecule has 3 aromatic rings. The zero-order valence-corrected chi connectivity index (χ0v) is 25.8. The van der Waals surface area contributed by atoms with E-state index >= 15 is 0 Å². The maximum atomic E-state index is 14.2. The molecule has 3 aromatic carbocycles. The van der Waals surface area contributed by atoms with Gasteiger partial charge < -0.3 is 15.0 Å². The molecule has 3 rings (SSSR count). The summed E-state index contributed by atoms with van der Waals surface area (Å²) in [7, 11) is -4.22. The van der Waals surface area contributed by atoms with Gasteiger partial charge in [-0.25, -0.2) is 8.42 Å². The molecule has 11 heteroatoms. The van der Waals surface area contributed by atoms with Crippen molar-refractivity contribution >= 4 is 50.7 Å². The third-order valence-corrected chi connectivity index (χ3v) is 8.58. The topological polar surface area (TPSA) is 96.0 Å². The first kappa shape index (κ1) is 32.2. The van der Waals surface area contributed by atoms with Crippen LogP contribution < -0.4 is 14.4 Å². The second kappa shape index (κ2) is 14.6. The summed E-state index contributed by atoms with van der Waals surface area (Å²) in [6.45, 7) is 6.89. The standard InChI is InChI=1S/C30H35Cl2N3O5S/c1-5-26(30(37)33-21(3)4)34(19-22-16-17-23(31)18-25(22)32)29(36)20-35(27-14-10-11-15-28(27)40-6-2)41(38,39)24-12-8-7-9-13-24/h7-18,21,26H,5-6,19-20H2,1-4H3,(H,33,37). The summed E-state index contributed by atoms with van der Waals surface area (Å²) in [6, 6.07) is 18.3. The van der Waals surface area contributed by atoms with Crippen LogP contribution in [-0.2, 0) is 26.2 Å². The molecule has 1 unspecified atom stereocenters. The van der Waals surface area contributed by atoms with Crippen molar-refractivity contribution in [2.75, 3.05) is 17.5 Å². The van der Waals surface area contributed by atoms with Gasteiger partial charge in [-0.05, 0) is 69.2 Å². The molecule has 0 aliphatic carbocycles. The van der Waals surface area contributed by atoms with E-state index in [1.54, 1.807) is 74.5 Å². The second-order valence-corrected chi connectivity index (χ2v) is 12.3. The molecule has 2 amide bonds. The van der Waals surface area contributed by atoms with E-state index in [1.165, 1.54) is 17.0 Å². The number of rotatable bonds is 13. The minimum absolute atomic E-state index is 0.0102. The number of benzene rings is 3. The Bertz CT molecular complexity index is 1450. The molecule has 8 nitrogen and oxygen atoms in total. The first-order valence-electron chi connectivity index (χ1n) is 13.3. The largest absolute Gasteiger partial charge is 0.492 e. The lowest BCUT2D eigenvalue weighted by Crippen LogP contribution is -2.53. The molecule has 1 N–H and O–H groups in total. The maximum absolute atomic E-state index is 14.2. The molecular weight excluding hydrogens is 585 g/mol. The van der Waals surface area contributed by atoms with Gasteiger partial charge in [-0.2, -0.15) is 0 Å². The predicted molar refractivity (Wildman–Crippen MR) is 163 cm³/mol. The van der Waals surface area contributed by atoms with Crippen molar-refractivity contribution in [2.45, 2.75) is 57.6 Å². The molecule has 0 bridgehead atoms. The van der Waals surface area contributed by atoms with E-state index in [9.17, 15) is 18.0 Å². The fourth-order valence-corrected chi connectivity index (χ4v) is 6.22. The molecule has 0 saturated carbocycles. The molecule has 0 radical (unpaired) electrons. The fraction of sp³-hybridized carbons (Fsp3) is 0.333. The van der Waals surface area contributed by atoms with Crippen LogP contribution in [0.5, 0.6) is 5.75 Å². The Kier molecular flexibility index (Phi) is 11.5. The number of carbonyl (C=O) groups is 2. The van der Waals surface area contributed by atoms with Gasteiger partial charge >= 0.3 is 0 Å². The van der Waals surface area contributed by atoms with E-state index in [-0.39, 0.29) is 35.5 Å². The second-order valence-electron chi connectivity index (χ2n) is 9.57. The highest BCUT2D eigenvalue weighted by Gasteiger charge is 2.35. The van der Waals surface area contributed by atoms with Crippen LogP contribution in [0.25, 0.3) is 0 Å². The van der Waals surface area contributed by atoms with Crippen molar-refractivity contribution in [1.29, 1.82) is 0 Å². The summed E-state index contributed by atoms with van der Waals surface area (Å²) in [5.74, 6) is -0.639. The van der Waals surface area contributed by atoms with Crippen LogP contribution in [-0.4, -0.2) is 50.4 Å². The third kappa shape index (κ3) is 8.15. The lowest BCUT2D eigenvalue weighted by atomic mass is 10.1. The van der Waals surface area contributed by atoms with E-state index < -0.39 is 28.5 Å². The lowest BCUT2D eigenvalue weighted by Gasteiger charge is -2.34. The van der Waals surface area contributed by atoms with Crippen LogP contribution in [0.3, 0.4) is 0 Å². The fourth-order valence-electron chi connectivity index (χ4n) is 4.31. The summed E-state index contributed by atoms with van der Waals surface area (Å²) in [6.07, 6.45) is 0.288. The monoisotopic (exact) mass is 619 g/mol. The number of nitrogens with one attached hydrogen (secondary N) is 1. The molecule has 1 atom stereocenters. The van der Waals surface area contributed by atoms with Gasteiger partial charge in [-0.3, -0.25) is 13.9 Å². The summed E-state index contributed by atoms with van der Waals surface area (Å²) in [5.41, 5.74) is 0.767. The summed E-state index contributed by atoms with van der Waals surface area (Å²) >= 11 is 12.5. The average Bonchev–Trinajstić information content (AvgIpc) is 2.93. The molecule has 0 aromatic heterocycles. The molecule has 0 heterocycles. The van der Waals surface area contributed by atoms with Gasteiger partial charge in [0.25, 0.3) is 10.0 Å². The Labute approximate surface area is 252 Å². The Morgan fingerprint density at radius 3 is 2.22 bits per heavy atom. The number of amides is 2. The van der Waals surface area contributed by atoms with Gasteiger partial charge in [-0.1, -0.05) is 66.5 Å². The SMILES string of the molecule is CCOc1ccccc1N(CC(=O)N(Cc1ccc(Cl)cc1Cl)C(CC)C(=O)NC(C)C)S(=O)(=O)c1ccccc1. The van der Waals surface area contributed by atoms with Crippen LogP contribution >= 0.6 is 23.2 Å². The van der Waals surface area contributed by atoms with Crippen molar-refractivity contribution in [3.05, 3.63) is 88.4 Å². The van der Waals surface area contributed by atoms with Crippen molar-refractivity contribution < 1.29 is 22.7 Å². The summed E-state index contributed by atoms with van der Waals surface area (Å²) in [5, 5.41) is 3.62. The number of hydrogen-bond acceptors (Lipinski definition) is 5. The van der Waals surface area contributed by atoms with Gasteiger partial charge in [-0.15, -0.1) is 0 Å². The van der Waals surface area contributed by atoms with Crippen molar-refractivity contribution in [3.63, 3.8) is 0 Å². The predicted octanol–water partition coefficient (Wildman–Crippen LogP) is 5.92. The van der Waals surface area contributed by atoms with Gasteiger partial charge in [0.15, 0.2) is 0 Å². The summed E-state index contributed by atoms with van der Waals surface area (Å²) < 4.78 is 34.8. The van der Waals surface area contributed by atoms with Crippen molar-refractivity contribution in [1.82, 2.24) is 10.2 Å². The smallest absolute Gasteiger partial charge is 0.264 e. The third-order valence-electron chi connectivity index (χ3n) is 6.22. The number of sulfonamides is 1. The average molecular weight is 621 g/mol. The van der Waals surface area contributed by atoms with Gasteiger partial charge in [0, 0.05) is 22.6 Å². The first-order chi connectivity index (χ1) is 19.5. The zero-order chi connectivity index (χ0) is 30.2. The number of halogens is 2. The molecule has 220 valence electrons. The first-order valence-corrected chi connectivity index (χ1v) is 15.5. The molecule has 0 aliphatic heterocycles.